The fourth-order valence-corrected chi connectivity index (χ4v) is 4.27. The van der Waals surface area contributed by atoms with E-state index in [1.54, 1.807) is 11.8 Å². The van der Waals surface area contributed by atoms with Crippen LogP contribution in [0.5, 0.6) is 0 Å². The number of piperidine rings is 2. The fraction of sp³-hybridized carbons (Fsp3) is 0.688. The van der Waals surface area contributed by atoms with E-state index < -0.39 is 0 Å². The number of rotatable bonds is 3. The highest BCUT2D eigenvalue weighted by Crippen LogP contribution is 2.39. The van der Waals surface area contributed by atoms with Crippen LogP contribution >= 0.6 is 11.8 Å². The van der Waals surface area contributed by atoms with Gasteiger partial charge in [0.05, 0.1) is 12.4 Å². The minimum Gasteiger partial charge on any atom is -0.355 e. The highest BCUT2D eigenvalue weighted by molar-refractivity contribution is 7.98. The minimum atomic E-state index is 0.390. The summed E-state index contributed by atoms with van der Waals surface area (Å²) in [4.78, 5) is 25.8. The molecule has 3 heterocycles. The Bertz CT molecular complexity index is 577. The van der Waals surface area contributed by atoms with Gasteiger partial charge in [0.25, 0.3) is 0 Å². The number of aromatic nitrogens is 2. The maximum Gasteiger partial charge on any atom is 0.223 e. The van der Waals surface area contributed by atoms with Crippen LogP contribution in [-0.2, 0) is 4.79 Å². The number of amides is 1. The maximum absolute atomic E-state index is 12.3. The minimum absolute atomic E-state index is 0.390. The second-order valence-corrected chi connectivity index (χ2v) is 7.38. The van der Waals surface area contributed by atoms with Gasteiger partial charge in [0.15, 0.2) is 0 Å². The van der Waals surface area contributed by atoms with Crippen LogP contribution in [0.25, 0.3) is 0 Å². The van der Waals surface area contributed by atoms with E-state index in [-0.39, 0.29) is 0 Å². The van der Waals surface area contributed by atoms with Gasteiger partial charge in [0, 0.05) is 31.6 Å². The van der Waals surface area contributed by atoms with E-state index in [9.17, 15) is 4.79 Å². The van der Waals surface area contributed by atoms with Crippen molar-refractivity contribution in [2.24, 2.45) is 5.92 Å². The molecule has 3 fully saturated rings. The van der Waals surface area contributed by atoms with Crippen LogP contribution in [0, 0.1) is 5.92 Å². The standard InChI is InChI=1S/C16H22N4OS/c1-22-15-9-17-8-14(18-15)19-7-6-13-11(10-19)2-5-16(21)20(13)12-3-4-12/h8-9,11-13H,2-7,10H2,1H3. The number of thioether (sulfide) groups is 1. The highest BCUT2D eigenvalue weighted by Gasteiger charge is 2.45. The van der Waals surface area contributed by atoms with E-state index >= 15 is 0 Å². The summed E-state index contributed by atoms with van der Waals surface area (Å²) in [5, 5.41) is 0.970. The second kappa shape index (κ2) is 5.72. The van der Waals surface area contributed by atoms with Crippen molar-refractivity contribution in [2.75, 3.05) is 24.2 Å². The van der Waals surface area contributed by atoms with Crippen LogP contribution in [0.15, 0.2) is 17.4 Å². The van der Waals surface area contributed by atoms with Gasteiger partial charge in [-0.3, -0.25) is 9.78 Å². The van der Waals surface area contributed by atoms with E-state index in [0.29, 0.717) is 23.9 Å². The van der Waals surface area contributed by atoms with E-state index in [4.69, 9.17) is 0 Å². The highest BCUT2D eigenvalue weighted by atomic mass is 32.2. The molecule has 1 aliphatic carbocycles. The third-order valence-corrected chi connectivity index (χ3v) is 5.76. The summed E-state index contributed by atoms with van der Waals surface area (Å²) in [6.07, 6.45) is 10.9. The van der Waals surface area contributed by atoms with Crippen molar-refractivity contribution in [3.05, 3.63) is 12.4 Å². The fourth-order valence-electron chi connectivity index (χ4n) is 3.92. The molecule has 2 saturated heterocycles. The van der Waals surface area contributed by atoms with Gasteiger partial charge in [0.1, 0.15) is 10.8 Å². The number of nitrogens with zero attached hydrogens (tertiary/aromatic N) is 4. The zero-order valence-corrected chi connectivity index (χ0v) is 13.8. The number of anilines is 1. The number of fused-ring (bicyclic) bond motifs is 1. The Morgan fingerprint density at radius 2 is 2.09 bits per heavy atom. The quantitative estimate of drug-likeness (QED) is 0.800. The topological polar surface area (TPSA) is 49.3 Å². The number of carbonyl (C=O) groups is 1. The Morgan fingerprint density at radius 1 is 1.23 bits per heavy atom. The first-order valence-corrected chi connectivity index (χ1v) is 9.41. The van der Waals surface area contributed by atoms with Crippen molar-refractivity contribution < 1.29 is 4.79 Å². The molecule has 0 aromatic carbocycles. The molecule has 1 amide bonds. The SMILES string of the molecule is CSc1cncc(N2CCC3C(CCC(=O)N3C3CC3)C2)n1. The van der Waals surface area contributed by atoms with Crippen LogP contribution < -0.4 is 4.90 Å². The van der Waals surface area contributed by atoms with Crippen molar-refractivity contribution >= 4 is 23.5 Å². The molecule has 0 radical (unpaired) electrons. The van der Waals surface area contributed by atoms with Crippen LogP contribution in [0.3, 0.4) is 0 Å². The molecule has 2 aliphatic heterocycles. The molecule has 1 saturated carbocycles. The van der Waals surface area contributed by atoms with Gasteiger partial charge >= 0.3 is 0 Å². The predicted molar refractivity (Wildman–Crippen MR) is 87.0 cm³/mol. The summed E-state index contributed by atoms with van der Waals surface area (Å²) in [7, 11) is 0. The predicted octanol–water partition coefficient (Wildman–Crippen LogP) is 2.18. The van der Waals surface area contributed by atoms with Gasteiger partial charge in [-0.05, 0) is 37.9 Å². The molecule has 2 unspecified atom stereocenters. The van der Waals surface area contributed by atoms with Crippen molar-refractivity contribution in [1.82, 2.24) is 14.9 Å². The number of hydrogen-bond donors (Lipinski definition) is 0. The Labute approximate surface area is 135 Å². The summed E-state index contributed by atoms with van der Waals surface area (Å²) >= 11 is 1.63. The number of likely N-dealkylation sites (tertiary alicyclic amines) is 1. The third kappa shape index (κ3) is 2.57. The van der Waals surface area contributed by atoms with E-state index in [0.717, 1.165) is 43.2 Å². The molecule has 4 rings (SSSR count). The molecule has 3 aliphatic rings. The zero-order chi connectivity index (χ0) is 15.1. The van der Waals surface area contributed by atoms with Gasteiger partial charge in [-0.1, -0.05) is 0 Å². The smallest absolute Gasteiger partial charge is 0.223 e. The average molecular weight is 318 g/mol. The maximum atomic E-state index is 12.3. The Hall–Kier alpha value is -1.30. The van der Waals surface area contributed by atoms with Crippen LogP contribution in [0.4, 0.5) is 5.82 Å². The van der Waals surface area contributed by atoms with Gasteiger partial charge < -0.3 is 9.80 Å². The lowest BCUT2D eigenvalue weighted by molar-refractivity contribution is -0.140. The Kier molecular flexibility index (Phi) is 3.72. The van der Waals surface area contributed by atoms with Crippen molar-refractivity contribution in [1.29, 1.82) is 0 Å². The molecule has 6 heteroatoms. The molecular weight excluding hydrogens is 296 g/mol. The van der Waals surface area contributed by atoms with Gasteiger partial charge in [-0.25, -0.2) is 4.98 Å². The summed E-state index contributed by atoms with van der Waals surface area (Å²) in [6.45, 7) is 1.98. The average Bonchev–Trinajstić information content (AvgIpc) is 3.39. The second-order valence-electron chi connectivity index (χ2n) is 6.55. The molecule has 22 heavy (non-hydrogen) atoms. The lowest BCUT2D eigenvalue weighted by Gasteiger charge is -2.47. The first-order valence-electron chi connectivity index (χ1n) is 8.18. The zero-order valence-electron chi connectivity index (χ0n) is 12.9. The molecule has 0 spiro atoms. The molecule has 0 N–H and O–H groups in total. The van der Waals surface area contributed by atoms with Crippen LogP contribution in [0.2, 0.25) is 0 Å². The van der Waals surface area contributed by atoms with Crippen molar-refractivity contribution in [3.8, 4) is 0 Å². The Balaban J connectivity index is 1.50. The number of hydrogen-bond acceptors (Lipinski definition) is 5. The van der Waals surface area contributed by atoms with Crippen LogP contribution in [0.1, 0.15) is 32.1 Å². The normalized spacial score (nSPS) is 28.7. The van der Waals surface area contributed by atoms with E-state index in [1.165, 1.54) is 12.8 Å². The summed E-state index contributed by atoms with van der Waals surface area (Å²) < 4.78 is 0. The molecule has 118 valence electrons. The molecular formula is C16H22N4OS. The monoisotopic (exact) mass is 318 g/mol. The molecule has 1 aromatic rings. The van der Waals surface area contributed by atoms with Gasteiger partial charge in [0.2, 0.25) is 5.91 Å². The Morgan fingerprint density at radius 3 is 2.86 bits per heavy atom. The number of carbonyl (C=O) groups excluding carboxylic acids is 1. The first kappa shape index (κ1) is 14.3. The van der Waals surface area contributed by atoms with E-state index in [1.807, 2.05) is 18.6 Å². The summed E-state index contributed by atoms with van der Waals surface area (Å²) in [5.41, 5.74) is 0. The lowest BCUT2D eigenvalue weighted by atomic mass is 9.83. The molecule has 5 nitrogen and oxygen atoms in total. The van der Waals surface area contributed by atoms with Crippen molar-refractivity contribution in [3.63, 3.8) is 0 Å². The largest absolute Gasteiger partial charge is 0.355 e. The molecule has 2 atom stereocenters. The molecule has 1 aromatic heterocycles. The summed E-state index contributed by atoms with van der Waals surface area (Å²) in [6, 6.07) is 1.01. The summed E-state index contributed by atoms with van der Waals surface area (Å²) in [5.74, 6) is 1.97. The van der Waals surface area contributed by atoms with Crippen molar-refractivity contribution in [2.45, 2.75) is 49.2 Å². The van der Waals surface area contributed by atoms with E-state index in [2.05, 4.69) is 19.8 Å². The third-order valence-electron chi connectivity index (χ3n) is 5.14. The lowest BCUT2D eigenvalue weighted by Crippen LogP contribution is -2.56. The van der Waals surface area contributed by atoms with Gasteiger partial charge in [-0.2, -0.15) is 0 Å². The van der Waals surface area contributed by atoms with Gasteiger partial charge in [-0.15, -0.1) is 11.8 Å². The first-order chi connectivity index (χ1) is 10.8. The molecule has 0 bridgehead atoms. The van der Waals surface area contributed by atoms with Crippen LogP contribution in [-0.4, -0.2) is 52.2 Å².